The Labute approximate surface area is 77.5 Å². The van der Waals surface area contributed by atoms with Crippen LogP contribution in [0.3, 0.4) is 0 Å². The average Bonchev–Trinajstić information content (AvgIpc) is 2.43. The van der Waals surface area contributed by atoms with E-state index in [1.807, 2.05) is 13.2 Å². The fraction of sp³-hybridized carbons (Fsp3) is 0.750. The standard InChI is InChI=1S/C8H15N5/c1-12-5-8(10-11-12)6-13-3-7(2-9)4-13/h5,7H,2-4,6,9H2,1H3. The maximum absolute atomic E-state index is 5.53. The number of nitrogens with two attached hydrogens (primary N) is 1. The summed E-state index contributed by atoms with van der Waals surface area (Å²) in [7, 11) is 1.88. The van der Waals surface area contributed by atoms with E-state index in [1.165, 1.54) is 0 Å². The Morgan fingerprint density at radius 1 is 1.62 bits per heavy atom. The molecule has 13 heavy (non-hydrogen) atoms. The van der Waals surface area contributed by atoms with E-state index in [-0.39, 0.29) is 0 Å². The second-order valence-electron chi connectivity index (χ2n) is 3.68. The van der Waals surface area contributed by atoms with E-state index in [0.29, 0.717) is 5.92 Å². The van der Waals surface area contributed by atoms with Crippen molar-refractivity contribution in [3.05, 3.63) is 11.9 Å². The van der Waals surface area contributed by atoms with Crippen molar-refractivity contribution >= 4 is 0 Å². The van der Waals surface area contributed by atoms with Gasteiger partial charge in [-0.15, -0.1) is 5.10 Å². The van der Waals surface area contributed by atoms with Crippen molar-refractivity contribution in [3.63, 3.8) is 0 Å². The van der Waals surface area contributed by atoms with E-state index in [1.54, 1.807) is 4.68 Å². The van der Waals surface area contributed by atoms with Crippen LogP contribution in [0.1, 0.15) is 5.69 Å². The minimum absolute atomic E-state index is 0.691. The van der Waals surface area contributed by atoms with Gasteiger partial charge in [-0.05, 0) is 12.5 Å². The summed E-state index contributed by atoms with van der Waals surface area (Å²) in [5, 5.41) is 7.91. The van der Waals surface area contributed by atoms with Crippen LogP contribution in [-0.2, 0) is 13.6 Å². The Hall–Kier alpha value is -0.940. The van der Waals surface area contributed by atoms with E-state index in [0.717, 1.165) is 31.9 Å². The summed E-state index contributed by atoms with van der Waals surface area (Å²) in [6.45, 7) is 3.92. The fourth-order valence-corrected chi connectivity index (χ4v) is 1.65. The molecule has 0 radical (unpaired) electrons. The quantitative estimate of drug-likeness (QED) is 0.663. The molecule has 0 bridgehead atoms. The van der Waals surface area contributed by atoms with Gasteiger partial charge in [-0.25, -0.2) is 0 Å². The van der Waals surface area contributed by atoms with Gasteiger partial charge in [0.05, 0.1) is 5.69 Å². The van der Waals surface area contributed by atoms with Crippen LogP contribution in [0.5, 0.6) is 0 Å². The summed E-state index contributed by atoms with van der Waals surface area (Å²) < 4.78 is 1.73. The Morgan fingerprint density at radius 3 is 2.92 bits per heavy atom. The molecule has 0 saturated carbocycles. The summed E-state index contributed by atoms with van der Waals surface area (Å²) in [6, 6.07) is 0. The zero-order chi connectivity index (χ0) is 9.26. The molecule has 5 heteroatoms. The molecule has 1 fully saturated rings. The van der Waals surface area contributed by atoms with Crippen molar-refractivity contribution in [2.24, 2.45) is 18.7 Å². The zero-order valence-electron chi connectivity index (χ0n) is 7.85. The lowest BCUT2D eigenvalue weighted by molar-refractivity contribution is 0.0964. The van der Waals surface area contributed by atoms with E-state index in [2.05, 4.69) is 15.2 Å². The van der Waals surface area contributed by atoms with Crippen LogP contribution >= 0.6 is 0 Å². The van der Waals surface area contributed by atoms with Gasteiger partial charge in [-0.3, -0.25) is 9.58 Å². The summed E-state index contributed by atoms with van der Waals surface area (Å²) in [6.07, 6.45) is 1.95. The molecule has 2 rings (SSSR count). The normalized spacial score (nSPS) is 18.9. The highest BCUT2D eigenvalue weighted by molar-refractivity contribution is 4.94. The van der Waals surface area contributed by atoms with Gasteiger partial charge in [-0.1, -0.05) is 5.21 Å². The van der Waals surface area contributed by atoms with Gasteiger partial charge in [0.25, 0.3) is 0 Å². The first-order valence-corrected chi connectivity index (χ1v) is 4.55. The summed E-state index contributed by atoms with van der Waals surface area (Å²) in [4.78, 5) is 2.33. The van der Waals surface area contributed by atoms with Crippen molar-refractivity contribution < 1.29 is 0 Å². The lowest BCUT2D eigenvalue weighted by Gasteiger charge is -2.37. The van der Waals surface area contributed by atoms with E-state index in [4.69, 9.17) is 5.73 Å². The Morgan fingerprint density at radius 2 is 2.38 bits per heavy atom. The van der Waals surface area contributed by atoms with Gasteiger partial charge in [-0.2, -0.15) is 0 Å². The van der Waals surface area contributed by atoms with Crippen LogP contribution in [0.4, 0.5) is 0 Å². The smallest absolute Gasteiger partial charge is 0.0967 e. The van der Waals surface area contributed by atoms with Gasteiger partial charge in [0, 0.05) is 32.9 Å². The van der Waals surface area contributed by atoms with Crippen LogP contribution in [0.15, 0.2) is 6.20 Å². The molecule has 72 valence electrons. The molecule has 1 aromatic rings. The first kappa shape index (κ1) is 8.65. The monoisotopic (exact) mass is 181 g/mol. The summed E-state index contributed by atoms with van der Waals surface area (Å²) in [5.74, 6) is 0.691. The predicted octanol–water partition coefficient (Wildman–Crippen LogP) is -0.794. The average molecular weight is 181 g/mol. The van der Waals surface area contributed by atoms with Crippen molar-refractivity contribution in [1.29, 1.82) is 0 Å². The van der Waals surface area contributed by atoms with Crippen molar-refractivity contribution in [1.82, 2.24) is 19.9 Å². The molecule has 0 aliphatic carbocycles. The molecule has 1 aliphatic rings. The molecule has 2 heterocycles. The van der Waals surface area contributed by atoms with Crippen molar-refractivity contribution in [2.45, 2.75) is 6.54 Å². The number of hydrogen-bond donors (Lipinski definition) is 1. The van der Waals surface area contributed by atoms with Crippen molar-refractivity contribution in [3.8, 4) is 0 Å². The van der Waals surface area contributed by atoms with E-state index in [9.17, 15) is 0 Å². The number of rotatable bonds is 3. The zero-order valence-corrected chi connectivity index (χ0v) is 7.85. The third kappa shape index (κ3) is 1.87. The molecule has 2 N–H and O–H groups in total. The molecule has 0 atom stereocenters. The SMILES string of the molecule is Cn1cc(CN2CC(CN)C2)nn1. The number of aromatic nitrogens is 3. The van der Waals surface area contributed by atoms with Gasteiger partial charge >= 0.3 is 0 Å². The van der Waals surface area contributed by atoms with Crippen LogP contribution in [-0.4, -0.2) is 39.5 Å². The highest BCUT2D eigenvalue weighted by atomic mass is 15.4. The molecule has 0 spiro atoms. The third-order valence-electron chi connectivity index (χ3n) is 2.40. The second-order valence-corrected chi connectivity index (χ2v) is 3.68. The minimum Gasteiger partial charge on any atom is -0.330 e. The molecular weight excluding hydrogens is 166 g/mol. The van der Waals surface area contributed by atoms with Crippen molar-refractivity contribution in [2.75, 3.05) is 19.6 Å². The summed E-state index contributed by atoms with van der Waals surface area (Å²) in [5.41, 5.74) is 6.57. The number of nitrogens with zero attached hydrogens (tertiary/aromatic N) is 4. The number of aryl methyl sites for hydroxylation is 1. The lowest BCUT2D eigenvalue weighted by atomic mass is 10.0. The molecule has 1 saturated heterocycles. The Kier molecular flexibility index (Phi) is 2.28. The third-order valence-corrected chi connectivity index (χ3v) is 2.40. The predicted molar refractivity (Wildman–Crippen MR) is 48.8 cm³/mol. The molecule has 0 unspecified atom stereocenters. The largest absolute Gasteiger partial charge is 0.330 e. The maximum Gasteiger partial charge on any atom is 0.0967 e. The fourth-order valence-electron chi connectivity index (χ4n) is 1.65. The molecule has 0 aromatic carbocycles. The molecule has 5 nitrogen and oxygen atoms in total. The van der Waals surface area contributed by atoms with Crippen LogP contribution in [0.2, 0.25) is 0 Å². The lowest BCUT2D eigenvalue weighted by Crippen LogP contribution is -2.49. The maximum atomic E-state index is 5.53. The van der Waals surface area contributed by atoms with Crippen LogP contribution in [0.25, 0.3) is 0 Å². The minimum atomic E-state index is 0.691. The number of likely N-dealkylation sites (tertiary alicyclic amines) is 1. The molecular formula is C8H15N5. The second kappa shape index (κ2) is 3.43. The Bertz CT molecular complexity index is 276. The summed E-state index contributed by atoms with van der Waals surface area (Å²) >= 11 is 0. The van der Waals surface area contributed by atoms with Gasteiger partial charge in [0.2, 0.25) is 0 Å². The van der Waals surface area contributed by atoms with Gasteiger partial charge in [0.1, 0.15) is 0 Å². The first-order chi connectivity index (χ1) is 6.28. The first-order valence-electron chi connectivity index (χ1n) is 4.55. The molecule has 1 aliphatic heterocycles. The molecule has 0 amide bonds. The highest BCUT2D eigenvalue weighted by Crippen LogP contribution is 2.15. The topological polar surface area (TPSA) is 60.0 Å². The molecule has 1 aromatic heterocycles. The highest BCUT2D eigenvalue weighted by Gasteiger charge is 2.25. The van der Waals surface area contributed by atoms with Crippen LogP contribution in [0, 0.1) is 5.92 Å². The van der Waals surface area contributed by atoms with Gasteiger partial charge in [0.15, 0.2) is 0 Å². The number of hydrogen-bond acceptors (Lipinski definition) is 4. The van der Waals surface area contributed by atoms with E-state index < -0.39 is 0 Å². The van der Waals surface area contributed by atoms with Crippen LogP contribution < -0.4 is 5.73 Å². The van der Waals surface area contributed by atoms with E-state index >= 15 is 0 Å². The van der Waals surface area contributed by atoms with Gasteiger partial charge < -0.3 is 5.73 Å². The Balaban J connectivity index is 1.81.